The molecule has 0 saturated heterocycles. The summed E-state index contributed by atoms with van der Waals surface area (Å²) in [6.45, 7) is 15.9. The average molecular weight is 315 g/mol. The van der Waals surface area contributed by atoms with Gasteiger partial charge in [0.25, 0.3) is 0 Å². The van der Waals surface area contributed by atoms with Gasteiger partial charge in [0.05, 0.1) is 0 Å². The van der Waals surface area contributed by atoms with Gasteiger partial charge < -0.3 is 0 Å². The van der Waals surface area contributed by atoms with Crippen molar-refractivity contribution in [1.29, 1.82) is 0 Å². The summed E-state index contributed by atoms with van der Waals surface area (Å²) in [5.41, 5.74) is 3.91. The Labute approximate surface area is 143 Å². The highest BCUT2D eigenvalue weighted by atomic mass is 16.1. The molecule has 0 radical (unpaired) electrons. The molecule has 128 valence electrons. The van der Waals surface area contributed by atoms with Crippen molar-refractivity contribution in [3.8, 4) is 0 Å². The van der Waals surface area contributed by atoms with Crippen LogP contribution in [0.3, 0.4) is 0 Å². The molecule has 1 aliphatic rings. The molecule has 0 aromatic heterocycles. The molecule has 0 atom stereocenters. The molecule has 1 aromatic carbocycles. The van der Waals surface area contributed by atoms with Gasteiger partial charge in [-0.3, -0.25) is 4.79 Å². The third-order valence-corrected chi connectivity index (χ3v) is 3.04. The molecule has 0 aliphatic heterocycles. The van der Waals surface area contributed by atoms with Crippen LogP contribution >= 0.6 is 0 Å². The average Bonchev–Trinajstić information content (AvgIpc) is 2.66. The molecule has 23 heavy (non-hydrogen) atoms. The lowest BCUT2D eigenvalue weighted by molar-refractivity contribution is 0.103. The monoisotopic (exact) mass is 314 g/mol. The van der Waals surface area contributed by atoms with Gasteiger partial charge in [-0.15, -0.1) is 0 Å². The predicted molar refractivity (Wildman–Crippen MR) is 105 cm³/mol. The molecule has 1 heteroatoms. The van der Waals surface area contributed by atoms with Crippen molar-refractivity contribution in [3.63, 3.8) is 0 Å². The third-order valence-electron chi connectivity index (χ3n) is 3.04. The summed E-state index contributed by atoms with van der Waals surface area (Å²) in [6, 6.07) is 7.85. The third kappa shape index (κ3) is 6.81. The molecule has 0 spiro atoms. The first-order valence-electron chi connectivity index (χ1n) is 8.89. The van der Waals surface area contributed by atoms with Gasteiger partial charge in [-0.2, -0.15) is 0 Å². The topological polar surface area (TPSA) is 17.1 Å². The summed E-state index contributed by atoms with van der Waals surface area (Å²) in [7, 11) is 0. The number of carbonyl (C=O) groups is 1. The van der Waals surface area contributed by atoms with E-state index in [0.717, 1.165) is 28.7 Å². The minimum atomic E-state index is 0.137. The number of allylic oxidation sites excluding steroid dienone is 6. The molecule has 1 aromatic rings. The van der Waals surface area contributed by atoms with Crippen LogP contribution in [0.25, 0.3) is 0 Å². The van der Waals surface area contributed by atoms with Crippen LogP contribution in [-0.2, 0) is 6.42 Å². The van der Waals surface area contributed by atoms with E-state index in [1.54, 1.807) is 0 Å². The van der Waals surface area contributed by atoms with Crippen molar-refractivity contribution in [1.82, 2.24) is 0 Å². The Morgan fingerprint density at radius 3 is 2.00 bits per heavy atom. The second kappa shape index (κ2) is 15.0. The SMILES string of the molecule is CC.CC.CC.C\C=C/C=C1/C(=O)c2ccccc2C/C1=C/C. The molecule has 0 unspecified atom stereocenters. The fraction of sp³-hybridized carbons (Fsp3) is 0.409. The molecule has 2 rings (SSSR count). The number of hydrogen-bond donors (Lipinski definition) is 0. The maximum Gasteiger partial charge on any atom is 0.193 e. The van der Waals surface area contributed by atoms with Crippen molar-refractivity contribution in [3.05, 3.63) is 70.8 Å². The summed E-state index contributed by atoms with van der Waals surface area (Å²) >= 11 is 0. The van der Waals surface area contributed by atoms with Crippen LogP contribution in [0.4, 0.5) is 0 Å². The second-order valence-corrected chi connectivity index (χ2v) is 4.08. The maximum absolute atomic E-state index is 12.3. The minimum Gasteiger partial charge on any atom is -0.289 e. The Bertz CT molecular complexity index is 531. The van der Waals surface area contributed by atoms with Crippen molar-refractivity contribution in [2.75, 3.05) is 0 Å². The van der Waals surface area contributed by atoms with E-state index in [0.29, 0.717) is 0 Å². The summed E-state index contributed by atoms with van der Waals surface area (Å²) in [6.07, 6.45) is 8.65. The van der Waals surface area contributed by atoms with E-state index in [2.05, 4.69) is 0 Å². The first kappa shape index (κ1) is 23.4. The first-order valence-corrected chi connectivity index (χ1v) is 8.89. The van der Waals surface area contributed by atoms with Crippen LogP contribution in [0.5, 0.6) is 0 Å². The van der Waals surface area contributed by atoms with E-state index < -0.39 is 0 Å². The number of fused-ring (bicyclic) bond motifs is 1. The predicted octanol–water partition coefficient (Wildman–Crippen LogP) is 6.95. The van der Waals surface area contributed by atoms with Gasteiger partial charge in [0.15, 0.2) is 5.78 Å². The zero-order valence-corrected chi connectivity index (χ0v) is 16.2. The van der Waals surface area contributed by atoms with Gasteiger partial charge in [-0.25, -0.2) is 0 Å². The molecule has 0 bridgehead atoms. The molecule has 0 N–H and O–H groups in total. The maximum atomic E-state index is 12.3. The van der Waals surface area contributed by atoms with Crippen molar-refractivity contribution in [2.45, 2.75) is 61.8 Å². The minimum absolute atomic E-state index is 0.137. The summed E-state index contributed by atoms with van der Waals surface area (Å²) in [5, 5.41) is 0. The summed E-state index contributed by atoms with van der Waals surface area (Å²) in [5.74, 6) is 0.137. The normalized spacial score (nSPS) is 15.7. The fourth-order valence-corrected chi connectivity index (χ4v) is 2.12. The number of hydrogen-bond acceptors (Lipinski definition) is 1. The highest BCUT2D eigenvalue weighted by Crippen LogP contribution is 2.29. The Morgan fingerprint density at radius 2 is 1.48 bits per heavy atom. The standard InChI is InChI=1S/C16H16O.3C2H6/c1-3-5-9-14-12(4-2)11-13-8-6-7-10-15(13)16(14)17;3*1-2/h3-10H,11H2,1-2H3;3*1-2H3/b5-3-,12-4-,14-9+;;;. The highest BCUT2D eigenvalue weighted by molar-refractivity contribution is 6.14. The molecule has 1 nitrogen and oxygen atoms in total. The van der Waals surface area contributed by atoms with Crippen molar-refractivity contribution < 1.29 is 4.79 Å². The first-order chi connectivity index (χ1) is 11.3. The van der Waals surface area contributed by atoms with E-state index in [1.807, 2.05) is 104 Å². The quantitative estimate of drug-likeness (QED) is 0.512. The molecule has 1 aliphatic carbocycles. The van der Waals surface area contributed by atoms with Crippen LogP contribution in [0.15, 0.2) is 59.7 Å². The van der Waals surface area contributed by atoms with Gasteiger partial charge >= 0.3 is 0 Å². The summed E-state index contributed by atoms with van der Waals surface area (Å²) in [4.78, 5) is 12.3. The second-order valence-electron chi connectivity index (χ2n) is 4.08. The van der Waals surface area contributed by atoms with Crippen LogP contribution in [-0.4, -0.2) is 5.78 Å². The van der Waals surface area contributed by atoms with Crippen molar-refractivity contribution >= 4 is 5.78 Å². The number of Topliss-reactive ketones (excluding diaryl/α,β-unsaturated/α-hetero) is 1. The van der Waals surface area contributed by atoms with E-state index in [4.69, 9.17) is 0 Å². The highest BCUT2D eigenvalue weighted by Gasteiger charge is 2.24. The molecule has 0 fully saturated rings. The Kier molecular flexibility index (Phi) is 15.3. The fourth-order valence-electron chi connectivity index (χ4n) is 2.12. The van der Waals surface area contributed by atoms with Gasteiger partial charge in [-0.1, -0.05) is 90.1 Å². The van der Waals surface area contributed by atoms with Crippen LogP contribution < -0.4 is 0 Å². The zero-order valence-electron chi connectivity index (χ0n) is 16.2. The lowest BCUT2D eigenvalue weighted by atomic mass is 9.83. The Balaban J connectivity index is 0. The van der Waals surface area contributed by atoms with E-state index in [1.165, 1.54) is 0 Å². The molecule has 0 amide bonds. The van der Waals surface area contributed by atoms with Crippen molar-refractivity contribution in [2.24, 2.45) is 0 Å². The molecular weight excluding hydrogens is 280 g/mol. The van der Waals surface area contributed by atoms with Crippen LogP contribution in [0.1, 0.15) is 71.3 Å². The van der Waals surface area contributed by atoms with E-state index in [9.17, 15) is 4.79 Å². The summed E-state index contributed by atoms with van der Waals surface area (Å²) < 4.78 is 0. The largest absolute Gasteiger partial charge is 0.289 e. The lowest BCUT2D eigenvalue weighted by Gasteiger charge is -2.20. The molecular formula is C22H34O. The lowest BCUT2D eigenvalue weighted by Crippen LogP contribution is -2.16. The number of rotatable bonds is 1. The van der Waals surface area contributed by atoms with Crippen LogP contribution in [0.2, 0.25) is 0 Å². The van der Waals surface area contributed by atoms with Crippen LogP contribution in [0, 0.1) is 0 Å². The van der Waals surface area contributed by atoms with E-state index >= 15 is 0 Å². The number of benzene rings is 1. The van der Waals surface area contributed by atoms with Gasteiger partial charge in [0.1, 0.15) is 0 Å². The number of ketones is 1. The van der Waals surface area contributed by atoms with E-state index in [-0.39, 0.29) is 5.78 Å². The van der Waals surface area contributed by atoms with Gasteiger partial charge in [0.2, 0.25) is 0 Å². The van der Waals surface area contributed by atoms with Gasteiger partial charge in [0, 0.05) is 11.1 Å². The van der Waals surface area contributed by atoms with Gasteiger partial charge in [-0.05, 0) is 31.4 Å². The smallest absolute Gasteiger partial charge is 0.193 e. The molecule has 0 heterocycles. The zero-order chi connectivity index (χ0) is 18.3. The Hall–Kier alpha value is -1.89. The number of carbonyl (C=O) groups excluding carboxylic acids is 1. The Morgan fingerprint density at radius 1 is 0.913 bits per heavy atom. The molecule has 0 saturated carbocycles.